The molecule has 0 N–H and O–H groups in total. The molecule has 0 aromatic carbocycles. The molecule has 0 saturated carbocycles. The summed E-state index contributed by atoms with van der Waals surface area (Å²) in [4.78, 5) is 4.13. The molecule has 90 valence electrons. The van der Waals surface area contributed by atoms with Gasteiger partial charge in [-0.25, -0.2) is 0 Å². The van der Waals surface area contributed by atoms with Gasteiger partial charge in [-0.2, -0.15) is 0 Å². The van der Waals surface area contributed by atoms with Gasteiger partial charge >= 0.3 is 0 Å². The Balaban J connectivity index is 1.81. The van der Waals surface area contributed by atoms with Crippen molar-refractivity contribution in [2.75, 3.05) is 13.1 Å². The van der Waals surface area contributed by atoms with E-state index in [1.54, 1.807) is 0 Å². The highest BCUT2D eigenvalue weighted by molar-refractivity contribution is 7.09. The molecule has 0 aliphatic carbocycles. The van der Waals surface area contributed by atoms with Crippen LogP contribution < -0.4 is 0 Å². The Kier molecular flexibility index (Phi) is 4.04. The topological polar surface area (TPSA) is 3.24 Å². The lowest BCUT2D eigenvalue weighted by molar-refractivity contribution is 0.105. The van der Waals surface area contributed by atoms with E-state index in [0.717, 1.165) is 0 Å². The number of hydrogen-bond donors (Lipinski definition) is 0. The highest BCUT2D eigenvalue weighted by Gasteiger charge is 2.28. The molecule has 1 nitrogen and oxygen atoms in total. The van der Waals surface area contributed by atoms with Crippen molar-refractivity contribution in [1.82, 2.24) is 4.90 Å². The molecule has 1 aliphatic heterocycles. The van der Waals surface area contributed by atoms with E-state index >= 15 is 0 Å². The molecular weight excluding hydrogens is 214 g/mol. The van der Waals surface area contributed by atoms with Crippen molar-refractivity contribution in [3.8, 4) is 0 Å². The third-order valence-electron chi connectivity index (χ3n) is 3.88. The first-order chi connectivity index (χ1) is 7.72. The first kappa shape index (κ1) is 12.1. The van der Waals surface area contributed by atoms with Crippen molar-refractivity contribution < 1.29 is 0 Å². The second-order valence-electron chi connectivity index (χ2n) is 5.42. The van der Waals surface area contributed by atoms with Gasteiger partial charge in [0.15, 0.2) is 0 Å². The van der Waals surface area contributed by atoms with Gasteiger partial charge < -0.3 is 0 Å². The van der Waals surface area contributed by atoms with Crippen LogP contribution in [0.25, 0.3) is 0 Å². The van der Waals surface area contributed by atoms with E-state index in [-0.39, 0.29) is 0 Å². The zero-order chi connectivity index (χ0) is 11.4. The van der Waals surface area contributed by atoms with Crippen LogP contribution in [-0.4, -0.2) is 18.0 Å². The zero-order valence-corrected chi connectivity index (χ0v) is 11.4. The molecule has 2 heterocycles. The lowest BCUT2D eigenvalue weighted by Gasteiger charge is -2.39. The Hall–Kier alpha value is -0.340. The second-order valence-corrected chi connectivity index (χ2v) is 6.45. The van der Waals surface area contributed by atoms with E-state index in [1.807, 2.05) is 11.3 Å². The normalized spacial score (nSPS) is 21.1. The molecule has 1 fully saturated rings. The number of rotatable bonds is 4. The summed E-state index contributed by atoms with van der Waals surface area (Å²) in [6.45, 7) is 8.52. The highest BCUT2D eigenvalue weighted by Crippen LogP contribution is 2.35. The van der Waals surface area contributed by atoms with Gasteiger partial charge in [0, 0.05) is 11.4 Å². The minimum atomic E-state index is 0.626. The average molecular weight is 237 g/mol. The first-order valence-corrected chi connectivity index (χ1v) is 7.34. The SMILES string of the molecule is CCCC1(C)CCN(Cc2cccs2)CC1. The van der Waals surface area contributed by atoms with Crippen LogP contribution in [-0.2, 0) is 6.54 Å². The third-order valence-corrected chi connectivity index (χ3v) is 4.74. The summed E-state index contributed by atoms with van der Waals surface area (Å²) in [5.74, 6) is 0. The molecule has 0 bridgehead atoms. The van der Waals surface area contributed by atoms with Crippen LogP contribution in [0, 0.1) is 5.41 Å². The summed E-state index contributed by atoms with van der Waals surface area (Å²) in [6.07, 6.45) is 5.50. The van der Waals surface area contributed by atoms with Gasteiger partial charge in [0.2, 0.25) is 0 Å². The van der Waals surface area contributed by atoms with Gasteiger partial charge in [-0.1, -0.05) is 26.3 Å². The highest BCUT2D eigenvalue weighted by atomic mass is 32.1. The molecule has 1 aliphatic rings. The van der Waals surface area contributed by atoms with Crippen LogP contribution in [0.5, 0.6) is 0 Å². The second kappa shape index (κ2) is 5.33. The zero-order valence-electron chi connectivity index (χ0n) is 10.5. The Bertz CT molecular complexity index is 297. The lowest BCUT2D eigenvalue weighted by Crippen LogP contribution is -2.38. The molecule has 1 aromatic heterocycles. The molecule has 0 atom stereocenters. The van der Waals surface area contributed by atoms with E-state index < -0.39 is 0 Å². The van der Waals surface area contributed by atoms with E-state index in [0.29, 0.717) is 5.41 Å². The van der Waals surface area contributed by atoms with Gasteiger partial charge in [0.1, 0.15) is 0 Å². The first-order valence-electron chi connectivity index (χ1n) is 6.47. The Morgan fingerprint density at radius 2 is 2.12 bits per heavy atom. The van der Waals surface area contributed by atoms with E-state index in [1.165, 1.54) is 50.2 Å². The number of piperidine rings is 1. The molecule has 2 rings (SSSR count). The smallest absolute Gasteiger partial charge is 0.0327 e. The predicted molar refractivity (Wildman–Crippen MR) is 71.8 cm³/mol. The van der Waals surface area contributed by atoms with Gasteiger partial charge in [0.05, 0.1) is 0 Å². The number of nitrogens with zero attached hydrogens (tertiary/aromatic N) is 1. The van der Waals surface area contributed by atoms with Crippen LogP contribution in [0.4, 0.5) is 0 Å². The van der Waals surface area contributed by atoms with Crippen molar-refractivity contribution in [2.24, 2.45) is 5.41 Å². The molecule has 1 aromatic rings. The Morgan fingerprint density at radius 1 is 1.38 bits per heavy atom. The van der Waals surface area contributed by atoms with Crippen molar-refractivity contribution in [1.29, 1.82) is 0 Å². The summed E-state index contributed by atoms with van der Waals surface area (Å²) in [5.41, 5.74) is 0.626. The van der Waals surface area contributed by atoms with Crippen molar-refractivity contribution in [3.63, 3.8) is 0 Å². The molecule has 2 heteroatoms. The monoisotopic (exact) mass is 237 g/mol. The standard InChI is InChI=1S/C14H23NS/c1-3-6-14(2)7-9-15(10-8-14)12-13-5-4-11-16-13/h4-5,11H,3,6-10,12H2,1-2H3. The minimum absolute atomic E-state index is 0.626. The van der Waals surface area contributed by atoms with Crippen LogP contribution >= 0.6 is 11.3 Å². The summed E-state index contributed by atoms with van der Waals surface area (Å²) >= 11 is 1.89. The van der Waals surface area contributed by atoms with Crippen LogP contribution in [0.15, 0.2) is 17.5 Å². The summed E-state index contributed by atoms with van der Waals surface area (Å²) in [5, 5.41) is 2.18. The molecule has 0 amide bonds. The third kappa shape index (κ3) is 3.08. The molecule has 0 spiro atoms. The fourth-order valence-electron chi connectivity index (χ4n) is 2.73. The molecular formula is C14H23NS. The van der Waals surface area contributed by atoms with Gasteiger partial charge in [-0.05, 0) is 49.2 Å². The number of likely N-dealkylation sites (tertiary alicyclic amines) is 1. The predicted octanol–water partition coefficient (Wildman–Crippen LogP) is 4.15. The number of hydrogen-bond acceptors (Lipinski definition) is 2. The maximum absolute atomic E-state index is 2.61. The lowest BCUT2D eigenvalue weighted by atomic mass is 9.77. The maximum Gasteiger partial charge on any atom is 0.0327 e. The van der Waals surface area contributed by atoms with Crippen LogP contribution in [0.1, 0.15) is 44.4 Å². The minimum Gasteiger partial charge on any atom is -0.298 e. The van der Waals surface area contributed by atoms with E-state index in [4.69, 9.17) is 0 Å². The van der Waals surface area contributed by atoms with Crippen LogP contribution in [0.2, 0.25) is 0 Å². The molecule has 1 saturated heterocycles. The maximum atomic E-state index is 2.61. The quantitative estimate of drug-likeness (QED) is 0.760. The van der Waals surface area contributed by atoms with E-state index in [9.17, 15) is 0 Å². The largest absolute Gasteiger partial charge is 0.298 e. The summed E-state index contributed by atoms with van der Waals surface area (Å²) in [6, 6.07) is 4.41. The fourth-order valence-corrected chi connectivity index (χ4v) is 3.47. The summed E-state index contributed by atoms with van der Waals surface area (Å²) < 4.78 is 0. The van der Waals surface area contributed by atoms with Crippen LogP contribution in [0.3, 0.4) is 0 Å². The van der Waals surface area contributed by atoms with Gasteiger partial charge in [-0.15, -0.1) is 11.3 Å². The van der Waals surface area contributed by atoms with Crippen molar-refractivity contribution in [3.05, 3.63) is 22.4 Å². The van der Waals surface area contributed by atoms with Gasteiger partial charge in [-0.3, -0.25) is 4.90 Å². The Labute approximate surface area is 103 Å². The van der Waals surface area contributed by atoms with Crippen molar-refractivity contribution >= 4 is 11.3 Å². The van der Waals surface area contributed by atoms with Gasteiger partial charge in [0.25, 0.3) is 0 Å². The average Bonchev–Trinajstić information content (AvgIpc) is 2.75. The molecule has 0 unspecified atom stereocenters. The number of thiophene rings is 1. The molecule has 0 radical (unpaired) electrons. The Morgan fingerprint density at radius 3 is 2.69 bits per heavy atom. The van der Waals surface area contributed by atoms with E-state index in [2.05, 4.69) is 36.3 Å². The fraction of sp³-hybridized carbons (Fsp3) is 0.714. The molecule has 16 heavy (non-hydrogen) atoms. The summed E-state index contributed by atoms with van der Waals surface area (Å²) in [7, 11) is 0. The van der Waals surface area contributed by atoms with Crippen molar-refractivity contribution in [2.45, 2.75) is 46.1 Å².